The molecule has 0 aliphatic carbocycles. The number of hydrogen-bond acceptors (Lipinski definition) is 1. The Morgan fingerprint density at radius 2 is 2.00 bits per heavy atom. The van der Waals surface area contributed by atoms with Crippen LogP contribution >= 0.6 is 39.1 Å². The first-order valence-electron chi connectivity index (χ1n) is 6.28. The van der Waals surface area contributed by atoms with E-state index >= 15 is 0 Å². The molecule has 0 fully saturated rings. The molecule has 0 atom stereocenters. The van der Waals surface area contributed by atoms with Gasteiger partial charge in [-0.1, -0.05) is 27.5 Å². The minimum absolute atomic E-state index is 0.102. The third-order valence-corrected chi connectivity index (χ3v) is 4.15. The number of aromatic nitrogens is 2. The van der Waals surface area contributed by atoms with E-state index in [1.807, 2.05) is 22.8 Å². The first-order chi connectivity index (χ1) is 10.1. The quantitative estimate of drug-likeness (QED) is 0.553. The summed E-state index contributed by atoms with van der Waals surface area (Å²) in [5, 5.41) is 0.102. The van der Waals surface area contributed by atoms with Crippen LogP contribution in [0.3, 0.4) is 0 Å². The van der Waals surface area contributed by atoms with E-state index in [9.17, 15) is 4.39 Å². The lowest BCUT2D eigenvalue weighted by molar-refractivity contribution is 0.627. The first kappa shape index (κ1) is 14.8. The highest BCUT2D eigenvalue weighted by Crippen LogP contribution is 2.27. The summed E-state index contributed by atoms with van der Waals surface area (Å²) in [4.78, 5) is 4.58. The van der Waals surface area contributed by atoms with Gasteiger partial charge in [0.2, 0.25) is 0 Å². The molecular formula is C15H10BrCl2FN2. The zero-order valence-corrected chi connectivity index (χ0v) is 13.9. The highest BCUT2D eigenvalue weighted by molar-refractivity contribution is 9.10. The summed E-state index contributed by atoms with van der Waals surface area (Å²) in [7, 11) is 0. The molecule has 1 heterocycles. The van der Waals surface area contributed by atoms with Crippen LogP contribution in [-0.4, -0.2) is 15.4 Å². The largest absolute Gasteiger partial charge is 0.296 e. The number of fused-ring (bicyclic) bond motifs is 1. The summed E-state index contributed by atoms with van der Waals surface area (Å²) in [6.07, 6.45) is 0.595. The van der Waals surface area contributed by atoms with Gasteiger partial charge in [-0.25, -0.2) is 9.37 Å². The van der Waals surface area contributed by atoms with Gasteiger partial charge in [0.05, 0.1) is 21.7 Å². The maximum atomic E-state index is 13.8. The predicted octanol–water partition coefficient (Wildman–Crippen LogP) is 5.36. The third kappa shape index (κ3) is 2.80. The van der Waals surface area contributed by atoms with Crippen molar-refractivity contribution in [1.29, 1.82) is 0 Å². The lowest BCUT2D eigenvalue weighted by atomic mass is 10.2. The molecular weight excluding hydrogens is 378 g/mol. The van der Waals surface area contributed by atoms with Gasteiger partial charge in [-0.2, -0.15) is 0 Å². The van der Waals surface area contributed by atoms with Crippen LogP contribution in [0.25, 0.3) is 16.7 Å². The summed E-state index contributed by atoms with van der Waals surface area (Å²) in [6.45, 7) is 0. The van der Waals surface area contributed by atoms with Crippen LogP contribution in [-0.2, 0) is 6.42 Å². The maximum Gasteiger partial charge on any atom is 0.143 e. The van der Waals surface area contributed by atoms with Crippen molar-refractivity contribution in [2.45, 2.75) is 6.42 Å². The number of nitrogens with zero attached hydrogens (tertiary/aromatic N) is 2. The maximum absolute atomic E-state index is 13.8. The van der Waals surface area contributed by atoms with Gasteiger partial charge in [0, 0.05) is 16.8 Å². The molecule has 0 N–H and O–H groups in total. The Bertz CT molecular complexity index is 817. The smallest absolute Gasteiger partial charge is 0.143 e. The van der Waals surface area contributed by atoms with Crippen LogP contribution in [0.4, 0.5) is 4.39 Å². The summed E-state index contributed by atoms with van der Waals surface area (Å²) < 4.78 is 16.6. The Balaban J connectivity index is 2.27. The SMILES string of the molecule is Fc1cc(-n2c(CCCl)nc3cc(Br)ccc32)ccc1Cl. The van der Waals surface area contributed by atoms with Gasteiger partial charge in [-0.15, -0.1) is 11.6 Å². The fourth-order valence-electron chi connectivity index (χ4n) is 2.27. The van der Waals surface area contributed by atoms with E-state index < -0.39 is 5.82 Å². The van der Waals surface area contributed by atoms with Crippen LogP contribution < -0.4 is 0 Å². The van der Waals surface area contributed by atoms with Gasteiger partial charge >= 0.3 is 0 Å². The standard InChI is InChI=1S/C15H10BrCl2FN2/c16-9-1-4-14-13(7-9)20-15(5-6-17)21(14)10-2-3-11(18)12(19)8-10/h1-4,7-8H,5-6H2. The van der Waals surface area contributed by atoms with E-state index in [1.165, 1.54) is 6.07 Å². The van der Waals surface area contributed by atoms with E-state index in [1.54, 1.807) is 12.1 Å². The average Bonchev–Trinajstić information content (AvgIpc) is 2.79. The summed E-state index contributed by atoms with van der Waals surface area (Å²) in [5.74, 6) is 0.783. The second-order valence-electron chi connectivity index (χ2n) is 4.53. The monoisotopic (exact) mass is 386 g/mol. The van der Waals surface area contributed by atoms with Crippen molar-refractivity contribution in [3.8, 4) is 5.69 Å². The van der Waals surface area contributed by atoms with Crippen molar-refractivity contribution >= 4 is 50.2 Å². The Morgan fingerprint density at radius 3 is 2.71 bits per heavy atom. The van der Waals surface area contributed by atoms with Crippen molar-refractivity contribution in [2.75, 3.05) is 5.88 Å². The van der Waals surface area contributed by atoms with Gasteiger partial charge in [0.25, 0.3) is 0 Å². The minimum atomic E-state index is -0.454. The fourth-order valence-corrected chi connectivity index (χ4v) is 2.90. The average molecular weight is 388 g/mol. The van der Waals surface area contributed by atoms with Crippen LogP contribution in [0.1, 0.15) is 5.82 Å². The number of halogens is 4. The van der Waals surface area contributed by atoms with Crippen LogP contribution in [0.15, 0.2) is 40.9 Å². The number of hydrogen-bond donors (Lipinski definition) is 0. The molecule has 6 heteroatoms. The van der Waals surface area contributed by atoms with E-state index in [0.29, 0.717) is 18.0 Å². The molecule has 0 amide bonds. The van der Waals surface area contributed by atoms with Crippen molar-refractivity contribution in [1.82, 2.24) is 9.55 Å². The molecule has 21 heavy (non-hydrogen) atoms. The van der Waals surface area contributed by atoms with Crippen LogP contribution in [0.2, 0.25) is 5.02 Å². The van der Waals surface area contributed by atoms with Gasteiger partial charge < -0.3 is 0 Å². The Kier molecular flexibility index (Phi) is 4.20. The highest BCUT2D eigenvalue weighted by atomic mass is 79.9. The number of imidazole rings is 1. The molecule has 2 aromatic carbocycles. The molecule has 0 radical (unpaired) electrons. The second kappa shape index (κ2) is 5.95. The number of alkyl halides is 1. The van der Waals surface area contributed by atoms with Crippen molar-refractivity contribution in [3.63, 3.8) is 0 Å². The number of rotatable bonds is 3. The Morgan fingerprint density at radius 1 is 1.19 bits per heavy atom. The van der Waals surface area contributed by atoms with E-state index in [4.69, 9.17) is 23.2 Å². The third-order valence-electron chi connectivity index (χ3n) is 3.17. The molecule has 3 rings (SSSR count). The lowest BCUT2D eigenvalue weighted by Crippen LogP contribution is -2.02. The molecule has 0 aliphatic rings. The van der Waals surface area contributed by atoms with Gasteiger partial charge in [0.15, 0.2) is 0 Å². The van der Waals surface area contributed by atoms with Gasteiger partial charge in [0.1, 0.15) is 11.6 Å². The van der Waals surface area contributed by atoms with E-state index in [-0.39, 0.29) is 5.02 Å². The predicted molar refractivity (Wildman–Crippen MR) is 88.2 cm³/mol. The highest BCUT2D eigenvalue weighted by Gasteiger charge is 2.13. The zero-order valence-electron chi connectivity index (χ0n) is 10.8. The van der Waals surface area contributed by atoms with Gasteiger partial charge in [-0.05, 0) is 36.4 Å². The molecule has 0 spiro atoms. The topological polar surface area (TPSA) is 17.8 Å². The van der Waals surface area contributed by atoms with Crippen molar-refractivity contribution in [2.24, 2.45) is 0 Å². The molecule has 2 nitrogen and oxygen atoms in total. The first-order valence-corrected chi connectivity index (χ1v) is 7.99. The van der Waals surface area contributed by atoms with Crippen LogP contribution in [0.5, 0.6) is 0 Å². The van der Waals surface area contributed by atoms with Crippen molar-refractivity contribution in [3.05, 3.63) is 57.5 Å². The molecule has 1 aromatic heterocycles. The summed E-state index contributed by atoms with van der Waals surface area (Å²) in [6, 6.07) is 10.5. The van der Waals surface area contributed by atoms with Crippen LogP contribution in [0, 0.1) is 5.82 Å². The number of aryl methyl sites for hydroxylation is 1. The van der Waals surface area contributed by atoms with E-state index in [0.717, 1.165) is 21.3 Å². The second-order valence-corrected chi connectivity index (χ2v) is 6.23. The zero-order chi connectivity index (χ0) is 15.0. The van der Waals surface area contributed by atoms with E-state index in [2.05, 4.69) is 20.9 Å². The minimum Gasteiger partial charge on any atom is -0.296 e. The molecule has 0 saturated heterocycles. The fraction of sp³-hybridized carbons (Fsp3) is 0.133. The normalized spacial score (nSPS) is 11.2. The Hall–Kier alpha value is -1.10. The Labute approximate surface area is 139 Å². The molecule has 0 bridgehead atoms. The molecule has 0 saturated carbocycles. The molecule has 108 valence electrons. The molecule has 3 aromatic rings. The van der Waals surface area contributed by atoms with Crippen molar-refractivity contribution < 1.29 is 4.39 Å². The molecule has 0 aliphatic heterocycles. The lowest BCUT2D eigenvalue weighted by Gasteiger charge is -2.09. The summed E-state index contributed by atoms with van der Waals surface area (Å²) in [5.41, 5.74) is 2.42. The summed E-state index contributed by atoms with van der Waals surface area (Å²) >= 11 is 15.0. The molecule has 0 unspecified atom stereocenters. The van der Waals surface area contributed by atoms with Gasteiger partial charge in [-0.3, -0.25) is 4.57 Å². The number of benzene rings is 2.